The summed E-state index contributed by atoms with van der Waals surface area (Å²) in [6.07, 6.45) is 1.84. The highest BCUT2D eigenvalue weighted by atomic mass is 35.5. The third-order valence-electron chi connectivity index (χ3n) is 5.28. The molecule has 1 heterocycles. The van der Waals surface area contributed by atoms with Crippen LogP contribution in [0.25, 0.3) is 0 Å². The molecule has 1 saturated carbocycles. The Balaban J connectivity index is 2.35. The fraction of sp³-hybridized carbons (Fsp3) is 0.368. The Morgan fingerprint density at radius 2 is 2.00 bits per heavy atom. The predicted octanol–water partition coefficient (Wildman–Crippen LogP) is 3.26. The number of nitriles is 3. The molecule has 0 radical (unpaired) electrons. The molecule has 1 aromatic rings. The minimum atomic E-state index is -1.95. The smallest absolute Gasteiger partial charge is 0.189 e. The van der Waals surface area contributed by atoms with Crippen molar-refractivity contribution in [3.63, 3.8) is 0 Å². The average molecular weight is 368 g/mol. The maximum Gasteiger partial charge on any atom is 0.189 e. The van der Waals surface area contributed by atoms with E-state index < -0.39 is 29.0 Å². The average Bonchev–Trinajstić information content (AvgIpc) is 2.62. The molecule has 2 aliphatic rings. The summed E-state index contributed by atoms with van der Waals surface area (Å²) in [6, 6.07) is 10.1. The van der Waals surface area contributed by atoms with E-state index in [0.29, 0.717) is 18.7 Å². The summed E-state index contributed by atoms with van der Waals surface area (Å²) in [5.74, 6) is -3.00. The second kappa shape index (κ2) is 6.54. The molecule has 0 aromatic heterocycles. The lowest BCUT2D eigenvalue weighted by molar-refractivity contribution is 0.232. The fourth-order valence-corrected chi connectivity index (χ4v) is 4.35. The molecule has 26 heavy (non-hydrogen) atoms. The second-order valence-electron chi connectivity index (χ2n) is 6.65. The summed E-state index contributed by atoms with van der Waals surface area (Å²) < 4.78 is 14.7. The Kier molecular flexibility index (Phi) is 4.55. The minimum absolute atomic E-state index is 0.0598. The first-order valence-corrected chi connectivity index (χ1v) is 8.42. The first kappa shape index (κ1) is 18.1. The summed E-state index contributed by atoms with van der Waals surface area (Å²) >= 11 is 6.26. The van der Waals surface area contributed by atoms with E-state index in [1.54, 1.807) is 0 Å². The number of halogens is 2. The Bertz CT molecular complexity index is 898. The van der Waals surface area contributed by atoms with Crippen LogP contribution in [0.4, 0.5) is 4.39 Å². The van der Waals surface area contributed by atoms with Gasteiger partial charge >= 0.3 is 0 Å². The number of rotatable bonds is 1. The van der Waals surface area contributed by atoms with Crippen molar-refractivity contribution in [1.29, 1.82) is 21.2 Å². The summed E-state index contributed by atoms with van der Waals surface area (Å²) in [4.78, 5) is 1.97. The van der Waals surface area contributed by atoms with Crippen molar-refractivity contribution in [3.8, 4) is 18.2 Å². The van der Waals surface area contributed by atoms with E-state index in [1.807, 2.05) is 30.2 Å². The summed E-state index contributed by atoms with van der Waals surface area (Å²) in [5, 5.41) is 37.9. The monoisotopic (exact) mass is 367 g/mol. The quantitative estimate of drug-likeness (QED) is 0.770. The fourth-order valence-electron chi connectivity index (χ4n) is 4.07. The molecule has 3 atom stereocenters. The number of fused-ring (bicyclic) bond motifs is 1. The largest absolute Gasteiger partial charge is 0.305 e. The lowest BCUT2D eigenvalue weighted by Gasteiger charge is -2.47. The molecule has 0 saturated heterocycles. The molecule has 1 aromatic carbocycles. The topological polar surface area (TPSA) is 98.5 Å². The molecule has 7 heteroatoms. The van der Waals surface area contributed by atoms with Gasteiger partial charge in [-0.05, 0) is 24.8 Å². The van der Waals surface area contributed by atoms with Crippen LogP contribution in [0.3, 0.4) is 0 Å². The van der Waals surface area contributed by atoms with Gasteiger partial charge in [0, 0.05) is 35.5 Å². The van der Waals surface area contributed by atoms with E-state index in [4.69, 9.17) is 17.0 Å². The van der Waals surface area contributed by atoms with E-state index in [-0.39, 0.29) is 16.3 Å². The Morgan fingerprint density at radius 3 is 2.58 bits per heavy atom. The van der Waals surface area contributed by atoms with E-state index in [0.717, 1.165) is 0 Å². The van der Waals surface area contributed by atoms with Gasteiger partial charge in [-0.1, -0.05) is 23.7 Å². The van der Waals surface area contributed by atoms with Crippen molar-refractivity contribution in [3.05, 3.63) is 46.3 Å². The number of likely N-dealkylation sites (N-methyl/N-ethyl adjacent to an activating group) is 1. The highest BCUT2D eigenvalue weighted by Crippen LogP contribution is 2.54. The SMILES string of the molecule is CN1CC=C2C(C#N)C(=N)C(C#N)(C#N)C(c3c(F)cccc3Cl)C2C1. The van der Waals surface area contributed by atoms with Crippen LogP contribution in [0.2, 0.25) is 5.02 Å². The molecular weight excluding hydrogens is 353 g/mol. The molecule has 0 amide bonds. The summed E-state index contributed by atoms with van der Waals surface area (Å²) in [5.41, 5.74) is -1.53. The zero-order valence-corrected chi connectivity index (χ0v) is 14.8. The highest BCUT2D eigenvalue weighted by molar-refractivity contribution is 6.31. The number of nitrogens with zero attached hydrogens (tertiary/aromatic N) is 4. The molecule has 3 unspecified atom stereocenters. The third-order valence-corrected chi connectivity index (χ3v) is 5.61. The second-order valence-corrected chi connectivity index (χ2v) is 7.06. The van der Waals surface area contributed by atoms with Crippen LogP contribution in [0.15, 0.2) is 29.8 Å². The van der Waals surface area contributed by atoms with Gasteiger partial charge in [-0.15, -0.1) is 0 Å². The Morgan fingerprint density at radius 1 is 1.31 bits per heavy atom. The standard InChI is InChI=1S/C19H15ClFN5/c1-26-6-5-11-12(7-22)18(25)19(9-23,10-24)17(13(11)8-26)16-14(20)3-2-4-15(16)21/h2-5,12-13,17,25H,6,8H2,1H3. The van der Waals surface area contributed by atoms with Crippen molar-refractivity contribution in [1.82, 2.24) is 4.90 Å². The Hall–Kier alpha value is -2.72. The first-order chi connectivity index (χ1) is 12.4. The van der Waals surface area contributed by atoms with Crippen molar-refractivity contribution < 1.29 is 4.39 Å². The van der Waals surface area contributed by atoms with Gasteiger partial charge in [0.2, 0.25) is 0 Å². The Labute approximate surface area is 156 Å². The molecule has 0 spiro atoms. The van der Waals surface area contributed by atoms with Crippen molar-refractivity contribution in [2.75, 3.05) is 20.1 Å². The maximum atomic E-state index is 14.7. The third kappa shape index (κ3) is 2.41. The maximum absolute atomic E-state index is 14.7. The predicted molar refractivity (Wildman–Crippen MR) is 93.7 cm³/mol. The molecule has 3 rings (SSSR count). The normalized spacial score (nSPS) is 27.5. The number of hydrogen-bond donors (Lipinski definition) is 1. The lowest BCUT2D eigenvalue weighted by atomic mass is 9.54. The summed E-state index contributed by atoms with van der Waals surface area (Å²) in [7, 11) is 1.87. The number of hydrogen-bond acceptors (Lipinski definition) is 5. The molecule has 130 valence electrons. The van der Waals surface area contributed by atoms with Crippen LogP contribution >= 0.6 is 11.6 Å². The van der Waals surface area contributed by atoms with Gasteiger partial charge in [-0.2, -0.15) is 15.8 Å². The molecule has 0 bridgehead atoms. The van der Waals surface area contributed by atoms with Gasteiger partial charge in [0.05, 0.1) is 23.9 Å². The van der Waals surface area contributed by atoms with E-state index in [2.05, 4.69) is 6.07 Å². The molecular formula is C19H15ClFN5. The van der Waals surface area contributed by atoms with Gasteiger partial charge in [0.15, 0.2) is 5.41 Å². The van der Waals surface area contributed by atoms with Gasteiger partial charge in [-0.3, -0.25) is 0 Å². The van der Waals surface area contributed by atoms with Crippen LogP contribution < -0.4 is 0 Å². The number of nitrogens with one attached hydrogen (secondary N) is 1. The molecule has 1 aliphatic heterocycles. The van der Waals surface area contributed by atoms with Crippen LogP contribution in [0.5, 0.6) is 0 Å². The van der Waals surface area contributed by atoms with Crippen molar-refractivity contribution in [2.24, 2.45) is 17.3 Å². The van der Waals surface area contributed by atoms with Gasteiger partial charge in [-0.25, -0.2) is 4.39 Å². The van der Waals surface area contributed by atoms with Crippen molar-refractivity contribution in [2.45, 2.75) is 5.92 Å². The zero-order valence-electron chi connectivity index (χ0n) is 14.0. The van der Waals surface area contributed by atoms with Crippen molar-refractivity contribution >= 4 is 17.3 Å². The van der Waals surface area contributed by atoms with Crippen LogP contribution in [0.1, 0.15) is 11.5 Å². The van der Waals surface area contributed by atoms with Crippen LogP contribution in [-0.4, -0.2) is 30.7 Å². The number of benzene rings is 1. The van der Waals surface area contributed by atoms with Gasteiger partial charge < -0.3 is 10.3 Å². The van der Waals surface area contributed by atoms with E-state index in [1.165, 1.54) is 18.2 Å². The first-order valence-electron chi connectivity index (χ1n) is 8.04. The van der Waals surface area contributed by atoms with Crippen LogP contribution in [0, 0.1) is 62.5 Å². The van der Waals surface area contributed by atoms with E-state index >= 15 is 0 Å². The lowest BCUT2D eigenvalue weighted by Crippen LogP contribution is -2.52. The molecule has 1 N–H and O–H groups in total. The molecule has 1 fully saturated rings. The van der Waals surface area contributed by atoms with Gasteiger partial charge in [0.25, 0.3) is 0 Å². The van der Waals surface area contributed by atoms with E-state index in [9.17, 15) is 20.2 Å². The van der Waals surface area contributed by atoms with Crippen LogP contribution in [-0.2, 0) is 0 Å². The summed E-state index contributed by atoms with van der Waals surface area (Å²) in [6.45, 7) is 1.03. The highest BCUT2D eigenvalue weighted by Gasteiger charge is 2.58. The molecule has 5 nitrogen and oxygen atoms in total. The zero-order chi connectivity index (χ0) is 19.1. The van der Waals surface area contributed by atoms with Gasteiger partial charge in [0.1, 0.15) is 11.7 Å². The minimum Gasteiger partial charge on any atom is -0.305 e. The molecule has 1 aliphatic carbocycles.